The van der Waals surface area contributed by atoms with Crippen molar-refractivity contribution in [3.8, 4) is 0 Å². The van der Waals surface area contributed by atoms with E-state index in [0.717, 1.165) is 23.7 Å². The number of aryl methyl sites for hydroxylation is 1. The van der Waals surface area contributed by atoms with Gasteiger partial charge in [0, 0.05) is 43.8 Å². The van der Waals surface area contributed by atoms with Gasteiger partial charge < -0.3 is 9.88 Å². The number of nitrogens with zero attached hydrogens (tertiary/aromatic N) is 2. The van der Waals surface area contributed by atoms with Crippen molar-refractivity contribution in [2.24, 2.45) is 13.0 Å². The Balaban J connectivity index is 1.81. The minimum absolute atomic E-state index is 0.0414. The maximum atomic E-state index is 13.0. The second kappa shape index (κ2) is 7.17. The van der Waals surface area contributed by atoms with Crippen LogP contribution in [0.5, 0.6) is 0 Å². The molecule has 0 bridgehead atoms. The molecule has 0 unspecified atom stereocenters. The molecule has 1 saturated heterocycles. The van der Waals surface area contributed by atoms with Crippen molar-refractivity contribution < 1.29 is 13.2 Å². The molecule has 0 aliphatic carbocycles. The highest BCUT2D eigenvalue weighted by Gasteiger charge is 2.33. The first kappa shape index (κ1) is 17.9. The summed E-state index contributed by atoms with van der Waals surface area (Å²) in [5, 5.41) is 3.78. The summed E-state index contributed by atoms with van der Waals surface area (Å²) < 4.78 is 29.4. The third-order valence-electron chi connectivity index (χ3n) is 4.80. The molecule has 1 amide bonds. The van der Waals surface area contributed by atoms with E-state index in [1.165, 1.54) is 4.31 Å². The summed E-state index contributed by atoms with van der Waals surface area (Å²) >= 11 is 0. The fourth-order valence-corrected chi connectivity index (χ4v) is 4.90. The topological polar surface area (TPSA) is 71.4 Å². The molecule has 1 aliphatic heterocycles. The number of aromatic nitrogens is 1. The normalized spacial score (nSPS) is 19.2. The van der Waals surface area contributed by atoms with E-state index >= 15 is 0 Å². The third-order valence-corrected chi connectivity index (χ3v) is 6.66. The molecule has 2 heterocycles. The summed E-state index contributed by atoms with van der Waals surface area (Å²) in [6.45, 7) is 3.35. The van der Waals surface area contributed by atoms with Crippen LogP contribution in [0.15, 0.2) is 35.4 Å². The zero-order chi connectivity index (χ0) is 18.0. The van der Waals surface area contributed by atoms with Gasteiger partial charge in [-0.05, 0) is 43.5 Å². The Morgan fingerprint density at radius 2 is 2.12 bits per heavy atom. The van der Waals surface area contributed by atoms with Gasteiger partial charge >= 0.3 is 0 Å². The van der Waals surface area contributed by atoms with Gasteiger partial charge in [0.1, 0.15) is 0 Å². The summed E-state index contributed by atoms with van der Waals surface area (Å²) in [4.78, 5) is 12.5. The number of hydrogen-bond acceptors (Lipinski definition) is 3. The molecule has 136 valence electrons. The third kappa shape index (κ3) is 3.57. The molecule has 1 aliphatic rings. The number of carbonyl (C=O) groups is 1. The van der Waals surface area contributed by atoms with Crippen LogP contribution >= 0.6 is 0 Å². The van der Waals surface area contributed by atoms with Crippen LogP contribution in [-0.4, -0.2) is 42.8 Å². The molecule has 3 rings (SSSR count). The monoisotopic (exact) mass is 363 g/mol. The lowest BCUT2D eigenvalue weighted by Crippen LogP contribution is -2.45. The molecule has 1 fully saturated rings. The number of carbonyl (C=O) groups excluding carboxylic acids is 1. The van der Waals surface area contributed by atoms with E-state index in [2.05, 4.69) is 5.32 Å². The van der Waals surface area contributed by atoms with Crippen molar-refractivity contribution in [1.29, 1.82) is 0 Å². The second-order valence-corrected chi connectivity index (χ2v) is 8.58. The van der Waals surface area contributed by atoms with Crippen LogP contribution < -0.4 is 5.32 Å². The molecule has 0 spiro atoms. The number of sulfonamides is 1. The molecule has 25 heavy (non-hydrogen) atoms. The summed E-state index contributed by atoms with van der Waals surface area (Å²) in [5.74, 6) is -0.309. The zero-order valence-corrected chi connectivity index (χ0v) is 15.6. The lowest BCUT2D eigenvalue weighted by atomic mass is 9.99. The van der Waals surface area contributed by atoms with Crippen LogP contribution in [0.25, 0.3) is 10.9 Å². The summed E-state index contributed by atoms with van der Waals surface area (Å²) in [6, 6.07) is 7.10. The number of amides is 1. The van der Waals surface area contributed by atoms with Crippen molar-refractivity contribution in [2.75, 3.05) is 19.6 Å². The van der Waals surface area contributed by atoms with Crippen LogP contribution in [0, 0.1) is 5.92 Å². The molecule has 1 aromatic heterocycles. The quantitative estimate of drug-likeness (QED) is 0.884. The predicted molar refractivity (Wildman–Crippen MR) is 97.7 cm³/mol. The first-order valence-electron chi connectivity index (χ1n) is 8.76. The highest BCUT2D eigenvalue weighted by atomic mass is 32.2. The Bertz CT molecular complexity index is 873. The summed E-state index contributed by atoms with van der Waals surface area (Å²) in [6.07, 6.45) is 4.23. The minimum Gasteiger partial charge on any atom is -0.356 e. The maximum Gasteiger partial charge on any atom is 0.243 e. The highest BCUT2D eigenvalue weighted by molar-refractivity contribution is 7.89. The van der Waals surface area contributed by atoms with Gasteiger partial charge in [-0.3, -0.25) is 4.79 Å². The Labute approximate surface area is 148 Å². The number of nitrogens with one attached hydrogen (secondary N) is 1. The van der Waals surface area contributed by atoms with Gasteiger partial charge in [0.05, 0.1) is 10.8 Å². The van der Waals surface area contributed by atoms with E-state index in [-0.39, 0.29) is 18.4 Å². The van der Waals surface area contributed by atoms with E-state index in [4.69, 9.17) is 0 Å². The fraction of sp³-hybridized carbons (Fsp3) is 0.500. The SMILES string of the molecule is CCCNC(=O)[C@@H]1CCCN(S(=O)(=O)c2ccc3c(ccn3C)c2)C1. The molecule has 6 nitrogen and oxygen atoms in total. The molecule has 1 aromatic carbocycles. The average molecular weight is 363 g/mol. The largest absolute Gasteiger partial charge is 0.356 e. The van der Waals surface area contributed by atoms with Crippen molar-refractivity contribution in [3.63, 3.8) is 0 Å². The van der Waals surface area contributed by atoms with E-state index < -0.39 is 10.0 Å². The predicted octanol–water partition coefficient (Wildman–Crippen LogP) is 2.11. The molecule has 1 N–H and O–H groups in total. The second-order valence-electron chi connectivity index (χ2n) is 6.64. The molecule has 1 atom stereocenters. The van der Waals surface area contributed by atoms with Crippen molar-refractivity contribution >= 4 is 26.8 Å². The molecular weight excluding hydrogens is 338 g/mol. The first-order chi connectivity index (χ1) is 11.9. The lowest BCUT2D eigenvalue weighted by Gasteiger charge is -2.31. The summed E-state index contributed by atoms with van der Waals surface area (Å²) in [5.41, 5.74) is 0.995. The lowest BCUT2D eigenvalue weighted by molar-refractivity contribution is -0.126. The fourth-order valence-electron chi connectivity index (χ4n) is 3.34. The standard InChI is InChI=1S/C18H25N3O3S/c1-3-9-19-18(22)15-5-4-10-21(13-15)25(23,24)16-6-7-17-14(12-16)8-11-20(17)2/h6-8,11-12,15H,3-5,9-10,13H2,1-2H3,(H,19,22)/t15-/m1/s1. The van der Waals surface area contributed by atoms with Crippen LogP contribution in [-0.2, 0) is 21.9 Å². The molecule has 2 aromatic rings. The number of piperidine rings is 1. The Morgan fingerprint density at radius 3 is 2.88 bits per heavy atom. The number of rotatable bonds is 5. The minimum atomic E-state index is -3.59. The van der Waals surface area contributed by atoms with Crippen molar-refractivity contribution in [2.45, 2.75) is 31.1 Å². The molecule has 7 heteroatoms. The number of benzene rings is 1. The van der Waals surface area contributed by atoms with Crippen LogP contribution in [0.1, 0.15) is 26.2 Å². The van der Waals surface area contributed by atoms with E-state index in [1.54, 1.807) is 12.1 Å². The van der Waals surface area contributed by atoms with Crippen LogP contribution in [0.3, 0.4) is 0 Å². The van der Waals surface area contributed by atoms with Crippen molar-refractivity contribution in [1.82, 2.24) is 14.2 Å². The highest BCUT2D eigenvalue weighted by Crippen LogP contribution is 2.26. The van der Waals surface area contributed by atoms with E-state index in [1.807, 2.05) is 36.9 Å². The zero-order valence-electron chi connectivity index (χ0n) is 14.7. The van der Waals surface area contributed by atoms with Gasteiger partial charge in [0.2, 0.25) is 15.9 Å². The first-order valence-corrected chi connectivity index (χ1v) is 10.2. The molecular formula is C18H25N3O3S. The van der Waals surface area contributed by atoms with Gasteiger partial charge in [-0.15, -0.1) is 0 Å². The average Bonchev–Trinajstić information content (AvgIpc) is 3.00. The van der Waals surface area contributed by atoms with Gasteiger partial charge in [-0.2, -0.15) is 4.31 Å². The van der Waals surface area contributed by atoms with Crippen LogP contribution in [0.4, 0.5) is 0 Å². The summed E-state index contributed by atoms with van der Waals surface area (Å²) in [7, 11) is -1.66. The van der Waals surface area contributed by atoms with Gasteiger partial charge in [-0.25, -0.2) is 8.42 Å². The molecule has 0 radical (unpaired) electrons. The maximum absolute atomic E-state index is 13.0. The van der Waals surface area contributed by atoms with Gasteiger partial charge in [0.25, 0.3) is 0 Å². The number of hydrogen-bond donors (Lipinski definition) is 1. The smallest absolute Gasteiger partial charge is 0.243 e. The Kier molecular flexibility index (Phi) is 5.15. The van der Waals surface area contributed by atoms with Gasteiger partial charge in [0.15, 0.2) is 0 Å². The van der Waals surface area contributed by atoms with E-state index in [9.17, 15) is 13.2 Å². The van der Waals surface area contributed by atoms with Crippen LogP contribution in [0.2, 0.25) is 0 Å². The molecule has 0 saturated carbocycles. The Hall–Kier alpha value is -1.86. The van der Waals surface area contributed by atoms with Crippen molar-refractivity contribution in [3.05, 3.63) is 30.5 Å². The Morgan fingerprint density at radius 1 is 1.32 bits per heavy atom. The number of fused-ring (bicyclic) bond motifs is 1. The van der Waals surface area contributed by atoms with E-state index in [0.29, 0.717) is 24.4 Å². The van der Waals surface area contributed by atoms with Gasteiger partial charge in [-0.1, -0.05) is 6.92 Å².